The fraction of sp³-hybridized carbons (Fsp3) is 0.406. The summed E-state index contributed by atoms with van der Waals surface area (Å²) in [5.74, 6) is 2.36. The molecule has 1 aliphatic carbocycles. The summed E-state index contributed by atoms with van der Waals surface area (Å²) in [4.78, 5) is 52.6. The molecule has 1 saturated heterocycles. The van der Waals surface area contributed by atoms with Crippen LogP contribution in [0, 0.1) is 5.92 Å². The lowest BCUT2D eigenvalue weighted by Gasteiger charge is -2.35. The van der Waals surface area contributed by atoms with E-state index in [4.69, 9.17) is 9.47 Å². The first-order valence-corrected chi connectivity index (χ1v) is 14.9. The van der Waals surface area contributed by atoms with E-state index >= 15 is 0 Å². The monoisotopic (exact) mass is 599 g/mol. The topological polar surface area (TPSA) is 126 Å². The average molecular weight is 600 g/mol. The Balaban J connectivity index is 1.08. The van der Waals surface area contributed by atoms with Crippen molar-refractivity contribution >= 4 is 22.8 Å². The second-order valence-corrected chi connectivity index (χ2v) is 11.4. The number of hydrogen-bond donors (Lipinski definition) is 1. The van der Waals surface area contributed by atoms with Crippen LogP contribution in [-0.4, -0.2) is 99.8 Å². The smallest absolute Gasteiger partial charge is 0.279 e. The zero-order valence-corrected chi connectivity index (χ0v) is 25.1. The number of rotatable bonds is 11. The van der Waals surface area contributed by atoms with E-state index in [0.29, 0.717) is 67.8 Å². The number of carbonyl (C=O) groups excluding carboxylic acids is 2. The highest BCUT2D eigenvalue weighted by Crippen LogP contribution is 2.30. The van der Waals surface area contributed by atoms with E-state index in [1.165, 1.54) is 0 Å². The lowest BCUT2D eigenvalue weighted by Crippen LogP contribution is -2.51. The summed E-state index contributed by atoms with van der Waals surface area (Å²) in [6, 6.07) is 14.8. The Morgan fingerprint density at radius 3 is 2.25 bits per heavy atom. The number of piperazine rings is 1. The van der Waals surface area contributed by atoms with Crippen molar-refractivity contribution in [2.45, 2.75) is 25.9 Å². The highest BCUT2D eigenvalue weighted by molar-refractivity contribution is 5.94. The van der Waals surface area contributed by atoms with Crippen LogP contribution in [-0.2, 0) is 17.9 Å². The van der Waals surface area contributed by atoms with Crippen LogP contribution in [0.25, 0.3) is 11.0 Å². The Bertz CT molecular complexity index is 1670. The predicted octanol–water partition coefficient (Wildman–Crippen LogP) is 2.38. The van der Waals surface area contributed by atoms with Crippen molar-refractivity contribution < 1.29 is 19.1 Å². The third-order valence-electron chi connectivity index (χ3n) is 8.20. The molecule has 0 unspecified atom stereocenters. The minimum Gasteiger partial charge on any atom is -0.497 e. The average Bonchev–Trinajstić information content (AvgIpc) is 3.77. The Morgan fingerprint density at radius 1 is 0.955 bits per heavy atom. The number of amides is 2. The zero-order valence-electron chi connectivity index (χ0n) is 25.1. The standard InChI is InChI=1S/C32H37N7O5/c1-43-25-9-5-23(6-10-25)18-39-19-27-30(35-39)31(41)34-28(33-27)20-38(17-22-3-4-22)29(40)21-36-13-15-37(16-14-36)32(42)24-7-11-26(44-2)12-8-24/h5-12,19,22H,3-4,13-18,20-21H2,1-2H3,(H,33,34,41). The van der Waals surface area contributed by atoms with Gasteiger partial charge in [0.1, 0.15) is 22.8 Å². The summed E-state index contributed by atoms with van der Waals surface area (Å²) in [6.07, 6.45) is 3.95. The Hall–Kier alpha value is -4.71. The summed E-state index contributed by atoms with van der Waals surface area (Å²) < 4.78 is 12.1. The van der Waals surface area contributed by atoms with Crippen LogP contribution in [0.2, 0.25) is 0 Å². The quantitative estimate of drug-likeness (QED) is 0.279. The molecule has 4 aromatic rings. The van der Waals surface area contributed by atoms with E-state index in [9.17, 15) is 14.4 Å². The third-order valence-corrected chi connectivity index (χ3v) is 8.20. The summed E-state index contributed by atoms with van der Waals surface area (Å²) in [5, 5.41) is 4.45. The molecule has 0 spiro atoms. The van der Waals surface area contributed by atoms with Crippen LogP contribution in [0.3, 0.4) is 0 Å². The van der Waals surface area contributed by atoms with E-state index in [2.05, 4.69) is 20.0 Å². The molecule has 12 nitrogen and oxygen atoms in total. The molecule has 2 fully saturated rings. The van der Waals surface area contributed by atoms with Gasteiger partial charge in [-0.3, -0.25) is 24.0 Å². The van der Waals surface area contributed by atoms with E-state index in [1.54, 1.807) is 54.3 Å². The van der Waals surface area contributed by atoms with Crippen molar-refractivity contribution in [1.29, 1.82) is 0 Å². The van der Waals surface area contributed by atoms with Gasteiger partial charge in [-0.2, -0.15) is 5.10 Å². The van der Waals surface area contributed by atoms with Gasteiger partial charge in [-0.05, 0) is 60.7 Å². The number of hydrogen-bond acceptors (Lipinski definition) is 8. The highest BCUT2D eigenvalue weighted by Gasteiger charge is 2.30. The molecule has 0 radical (unpaired) electrons. The molecule has 3 heterocycles. The fourth-order valence-electron chi connectivity index (χ4n) is 5.46. The van der Waals surface area contributed by atoms with Crippen molar-refractivity contribution in [3.8, 4) is 11.5 Å². The lowest BCUT2D eigenvalue weighted by molar-refractivity contribution is -0.133. The van der Waals surface area contributed by atoms with Crippen LogP contribution in [0.5, 0.6) is 11.5 Å². The number of nitrogens with one attached hydrogen (secondary N) is 1. The van der Waals surface area contributed by atoms with Crippen molar-refractivity contribution in [2.24, 2.45) is 5.92 Å². The number of nitrogens with zero attached hydrogens (tertiary/aromatic N) is 6. The van der Waals surface area contributed by atoms with Gasteiger partial charge in [-0.1, -0.05) is 12.1 Å². The first-order valence-electron chi connectivity index (χ1n) is 14.9. The molecule has 6 rings (SSSR count). The third kappa shape index (κ3) is 6.91. The predicted molar refractivity (Wildman–Crippen MR) is 164 cm³/mol. The van der Waals surface area contributed by atoms with Gasteiger partial charge in [-0.25, -0.2) is 4.98 Å². The number of methoxy groups -OCH3 is 2. The SMILES string of the molecule is COc1ccc(Cn2cc3nc(CN(CC4CC4)C(=O)CN4CCN(C(=O)c5ccc(OC)cc5)CC4)[nH]c(=O)c3n2)cc1. The largest absolute Gasteiger partial charge is 0.497 e. The van der Waals surface area contributed by atoms with Crippen molar-refractivity contribution in [1.82, 2.24) is 34.4 Å². The van der Waals surface area contributed by atoms with Crippen molar-refractivity contribution in [3.63, 3.8) is 0 Å². The minimum atomic E-state index is -0.324. The van der Waals surface area contributed by atoms with Crippen molar-refractivity contribution in [2.75, 3.05) is 53.5 Å². The highest BCUT2D eigenvalue weighted by atomic mass is 16.5. The molecule has 1 saturated carbocycles. The van der Waals surface area contributed by atoms with Crippen LogP contribution in [0.1, 0.15) is 34.6 Å². The van der Waals surface area contributed by atoms with Gasteiger partial charge >= 0.3 is 0 Å². The molecular weight excluding hydrogens is 562 g/mol. The molecular formula is C32H37N7O5. The van der Waals surface area contributed by atoms with Gasteiger partial charge in [0.25, 0.3) is 11.5 Å². The van der Waals surface area contributed by atoms with Gasteiger partial charge in [0, 0.05) is 38.3 Å². The second kappa shape index (κ2) is 12.9. The van der Waals surface area contributed by atoms with E-state index in [0.717, 1.165) is 24.2 Å². The number of ether oxygens (including phenoxy) is 2. The van der Waals surface area contributed by atoms with Gasteiger partial charge in [0.2, 0.25) is 5.91 Å². The van der Waals surface area contributed by atoms with E-state index < -0.39 is 0 Å². The first-order chi connectivity index (χ1) is 21.4. The second-order valence-electron chi connectivity index (χ2n) is 11.4. The van der Waals surface area contributed by atoms with Crippen LogP contribution in [0.15, 0.2) is 59.5 Å². The molecule has 1 aliphatic heterocycles. The van der Waals surface area contributed by atoms with Gasteiger partial charge in [-0.15, -0.1) is 0 Å². The molecule has 2 amide bonds. The molecule has 230 valence electrons. The molecule has 0 bridgehead atoms. The van der Waals surface area contributed by atoms with Crippen LogP contribution in [0.4, 0.5) is 0 Å². The molecule has 2 aromatic heterocycles. The van der Waals surface area contributed by atoms with Crippen LogP contribution >= 0.6 is 0 Å². The zero-order chi connectivity index (χ0) is 30.6. The number of aromatic nitrogens is 4. The number of benzene rings is 2. The Labute approximate surface area is 255 Å². The summed E-state index contributed by atoms with van der Waals surface area (Å²) in [6.45, 7) is 3.91. The summed E-state index contributed by atoms with van der Waals surface area (Å²) in [5.41, 5.74) is 2.08. The normalized spacial score (nSPS) is 15.4. The fourth-order valence-corrected chi connectivity index (χ4v) is 5.46. The summed E-state index contributed by atoms with van der Waals surface area (Å²) in [7, 11) is 3.22. The molecule has 2 aromatic carbocycles. The maximum Gasteiger partial charge on any atom is 0.279 e. The maximum absolute atomic E-state index is 13.5. The number of H-pyrrole nitrogens is 1. The van der Waals surface area contributed by atoms with Crippen molar-refractivity contribution in [3.05, 3.63) is 82.0 Å². The van der Waals surface area contributed by atoms with Gasteiger partial charge in [0.05, 0.1) is 40.1 Å². The van der Waals surface area contributed by atoms with Crippen LogP contribution < -0.4 is 15.0 Å². The Kier molecular flexibility index (Phi) is 8.60. The summed E-state index contributed by atoms with van der Waals surface area (Å²) >= 11 is 0. The molecule has 1 N–H and O–H groups in total. The first kappa shape index (κ1) is 29.4. The molecule has 2 aliphatic rings. The Morgan fingerprint density at radius 2 is 1.61 bits per heavy atom. The lowest BCUT2D eigenvalue weighted by atomic mass is 10.1. The van der Waals surface area contributed by atoms with E-state index in [-0.39, 0.29) is 36.0 Å². The number of carbonyl (C=O) groups is 2. The number of fused-ring (bicyclic) bond motifs is 1. The minimum absolute atomic E-state index is 0.00947. The maximum atomic E-state index is 13.5. The molecule has 0 atom stereocenters. The van der Waals surface area contributed by atoms with Gasteiger partial charge < -0.3 is 24.3 Å². The molecule has 12 heteroatoms. The number of aromatic amines is 1. The molecule has 44 heavy (non-hydrogen) atoms. The van der Waals surface area contributed by atoms with Gasteiger partial charge in [0.15, 0.2) is 5.52 Å². The van der Waals surface area contributed by atoms with E-state index in [1.807, 2.05) is 29.2 Å².